The summed E-state index contributed by atoms with van der Waals surface area (Å²) in [6.07, 6.45) is 12.7. The zero-order chi connectivity index (χ0) is 15.3. The fraction of sp³-hybridized carbons (Fsp3) is 0.941. The summed E-state index contributed by atoms with van der Waals surface area (Å²) < 4.78 is 1.17. The monoisotopic (exact) mass is 366 g/mol. The number of nitrogens with zero attached hydrogens (tertiary/aromatic N) is 1. The first-order valence-corrected chi connectivity index (χ1v) is 8.52. The van der Waals surface area contributed by atoms with Gasteiger partial charge in [0, 0.05) is 6.42 Å². The van der Waals surface area contributed by atoms with Gasteiger partial charge in [0.05, 0.1) is 27.2 Å². The number of rotatable bonds is 14. The van der Waals surface area contributed by atoms with Gasteiger partial charge >= 0.3 is 5.97 Å². The number of carbonyl (C=O) groups is 1. The lowest BCUT2D eigenvalue weighted by molar-refractivity contribution is -0.890. The normalized spacial score (nSPS) is 11.2. The molecule has 0 rings (SSSR count). The van der Waals surface area contributed by atoms with E-state index in [0.717, 1.165) is 12.8 Å². The van der Waals surface area contributed by atoms with Gasteiger partial charge in [0.1, 0.15) is 0 Å². The number of aliphatic carboxylic acids is 1. The summed E-state index contributed by atoms with van der Waals surface area (Å²) in [7, 11) is 4.69. The van der Waals surface area contributed by atoms with Crippen LogP contribution < -0.4 is 0 Å². The summed E-state index contributed by atoms with van der Waals surface area (Å²) in [4.78, 5) is 10.4. The second kappa shape index (κ2) is 14.8. The number of unbranched alkanes of at least 4 members (excludes halogenated alkanes) is 8. The Bertz CT molecular complexity index is 245. The second-order valence-electron chi connectivity index (χ2n) is 6.71. The molecule has 0 bridgehead atoms. The van der Waals surface area contributed by atoms with Gasteiger partial charge in [-0.3, -0.25) is 4.79 Å². The lowest BCUT2D eigenvalue weighted by Crippen LogP contribution is -2.41. The maximum Gasteiger partial charge on any atom is 0.303 e. The van der Waals surface area contributed by atoms with Gasteiger partial charge in [0.15, 0.2) is 0 Å². The van der Waals surface area contributed by atoms with Crippen molar-refractivity contribution < 1.29 is 14.4 Å². The van der Waals surface area contributed by atoms with Crippen LogP contribution in [-0.2, 0) is 4.79 Å². The first-order chi connectivity index (χ1) is 9.48. The van der Waals surface area contributed by atoms with E-state index in [-0.39, 0.29) is 17.0 Å². The minimum atomic E-state index is -0.659. The van der Waals surface area contributed by atoms with Gasteiger partial charge < -0.3 is 9.59 Å². The van der Waals surface area contributed by atoms with Crippen LogP contribution >= 0.6 is 17.0 Å². The Balaban J connectivity index is 0. The van der Waals surface area contributed by atoms with Gasteiger partial charge in [-0.1, -0.05) is 45.4 Å². The molecule has 0 atom stereocenters. The fourth-order valence-corrected chi connectivity index (χ4v) is 2.57. The van der Waals surface area contributed by atoms with Crippen molar-refractivity contribution in [3.05, 3.63) is 0 Å². The van der Waals surface area contributed by atoms with Crippen LogP contribution in [0.5, 0.6) is 0 Å². The van der Waals surface area contributed by atoms with E-state index in [1.54, 1.807) is 0 Å². The maximum absolute atomic E-state index is 10.4. The Kier molecular flexibility index (Phi) is 16.4. The van der Waals surface area contributed by atoms with E-state index >= 15 is 0 Å². The van der Waals surface area contributed by atoms with Gasteiger partial charge in [-0.05, 0) is 25.7 Å². The van der Waals surface area contributed by atoms with Crippen LogP contribution in [0.2, 0.25) is 0 Å². The summed E-state index contributed by atoms with van der Waals surface area (Å²) >= 11 is 0. The van der Waals surface area contributed by atoms with Crippen molar-refractivity contribution in [3.63, 3.8) is 0 Å². The molecule has 0 aromatic rings. The van der Waals surface area contributed by atoms with Crippen molar-refractivity contribution in [2.24, 2.45) is 0 Å². The summed E-state index contributed by atoms with van der Waals surface area (Å²) in [5.41, 5.74) is 0. The highest BCUT2D eigenvalue weighted by Crippen LogP contribution is 2.11. The molecule has 1 N–H and O–H groups in total. The molecule has 0 fully saturated rings. The molecular weight excluding hydrogens is 330 g/mol. The molecule has 0 aliphatic carbocycles. The van der Waals surface area contributed by atoms with E-state index in [2.05, 4.69) is 21.0 Å². The minimum Gasteiger partial charge on any atom is -0.481 e. The van der Waals surface area contributed by atoms with Crippen LogP contribution in [0.1, 0.15) is 77.6 Å². The number of hydrogen-bond acceptors (Lipinski definition) is 1. The summed E-state index contributed by atoms with van der Waals surface area (Å²) in [5, 5.41) is 8.53. The molecule has 3 nitrogen and oxygen atoms in total. The predicted octanol–water partition coefficient (Wildman–Crippen LogP) is 5.04. The number of carboxylic acids is 1. The first kappa shape index (κ1) is 23.2. The Morgan fingerprint density at radius 1 is 0.810 bits per heavy atom. The highest BCUT2D eigenvalue weighted by molar-refractivity contribution is 8.93. The highest BCUT2D eigenvalue weighted by atomic mass is 79.9. The average molecular weight is 367 g/mol. The molecule has 0 saturated heterocycles. The van der Waals surface area contributed by atoms with E-state index in [1.807, 2.05) is 0 Å². The van der Waals surface area contributed by atoms with Gasteiger partial charge in [0.25, 0.3) is 0 Å². The van der Waals surface area contributed by atoms with Crippen molar-refractivity contribution in [3.8, 4) is 0 Å². The predicted molar refractivity (Wildman–Crippen MR) is 96.3 cm³/mol. The van der Waals surface area contributed by atoms with Crippen molar-refractivity contribution in [1.82, 2.24) is 0 Å². The zero-order valence-corrected chi connectivity index (χ0v) is 16.1. The van der Waals surface area contributed by atoms with Crippen molar-refractivity contribution >= 4 is 23.0 Å². The van der Waals surface area contributed by atoms with Gasteiger partial charge in [-0.15, -0.1) is 17.0 Å². The number of halogens is 1. The van der Waals surface area contributed by atoms with Crippen molar-refractivity contribution in [2.75, 3.05) is 27.2 Å². The molecule has 0 aliphatic heterocycles. The van der Waals surface area contributed by atoms with E-state index in [0.29, 0.717) is 6.42 Å². The van der Waals surface area contributed by atoms with E-state index in [1.165, 1.54) is 68.9 Å². The minimum absolute atomic E-state index is 0. The quantitative estimate of drug-likeness (QED) is 0.345. The fourth-order valence-electron chi connectivity index (χ4n) is 2.57. The van der Waals surface area contributed by atoms with Crippen LogP contribution in [-0.4, -0.2) is 42.7 Å². The van der Waals surface area contributed by atoms with E-state index in [9.17, 15) is 4.79 Å². The van der Waals surface area contributed by atoms with Crippen molar-refractivity contribution in [2.45, 2.75) is 77.6 Å². The van der Waals surface area contributed by atoms with Gasteiger partial charge in [-0.2, -0.15) is 0 Å². The number of carboxylic acid groups (broad SMARTS) is 1. The van der Waals surface area contributed by atoms with Crippen LogP contribution in [0.15, 0.2) is 0 Å². The van der Waals surface area contributed by atoms with E-state index in [4.69, 9.17) is 5.11 Å². The summed E-state index contributed by atoms with van der Waals surface area (Å²) in [5.74, 6) is -0.659. The van der Waals surface area contributed by atoms with Crippen LogP contribution in [0.25, 0.3) is 0 Å². The zero-order valence-electron chi connectivity index (χ0n) is 14.4. The Labute approximate surface area is 142 Å². The molecule has 4 heteroatoms. The third-order valence-electron chi connectivity index (χ3n) is 4.02. The highest BCUT2D eigenvalue weighted by Gasteiger charge is 2.12. The molecule has 21 heavy (non-hydrogen) atoms. The smallest absolute Gasteiger partial charge is 0.303 e. The Morgan fingerprint density at radius 2 is 1.24 bits per heavy atom. The number of hydrogen-bond donors (Lipinski definition) is 1. The largest absolute Gasteiger partial charge is 0.481 e. The van der Waals surface area contributed by atoms with Crippen LogP contribution in [0, 0.1) is 0 Å². The standard InChI is InChI=1S/C17H35NO2.BrH/c1-4-5-15-18(2,3)16-13-11-9-7-6-8-10-12-14-17(19)20;/h4-16H2,1-3H3;1H/p+1. The van der Waals surface area contributed by atoms with Crippen LogP contribution in [0.3, 0.4) is 0 Å². The SMILES string of the molecule is Br.CCCC[N+](C)(C)CCCCCCCCCCC(=O)O. The van der Waals surface area contributed by atoms with Gasteiger partial charge in [-0.25, -0.2) is 0 Å². The molecule has 0 amide bonds. The molecule has 0 heterocycles. The third-order valence-corrected chi connectivity index (χ3v) is 4.02. The molecule has 0 spiro atoms. The molecule has 0 saturated carbocycles. The number of quaternary nitrogens is 1. The van der Waals surface area contributed by atoms with Gasteiger partial charge in [0.2, 0.25) is 0 Å². The maximum atomic E-state index is 10.4. The topological polar surface area (TPSA) is 37.3 Å². The van der Waals surface area contributed by atoms with Crippen molar-refractivity contribution in [1.29, 1.82) is 0 Å². The lowest BCUT2D eigenvalue weighted by atomic mass is 10.1. The van der Waals surface area contributed by atoms with E-state index < -0.39 is 5.97 Å². The average Bonchev–Trinajstić information content (AvgIpc) is 2.38. The first-order valence-electron chi connectivity index (χ1n) is 8.52. The third kappa shape index (κ3) is 17.9. The molecule has 0 aromatic carbocycles. The lowest BCUT2D eigenvalue weighted by Gasteiger charge is -2.29. The summed E-state index contributed by atoms with van der Waals surface area (Å²) in [6.45, 7) is 4.87. The molecule has 0 unspecified atom stereocenters. The molecule has 0 radical (unpaired) electrons. The van der Waals surface area contributed by atoms with Crippen LogP contribution in [0.4, 0.5) is 0 Å². The molecule has 128 valence electrons. The second-order valence-corrected chi connectivity index (χ2v) is 6.71. The molecule has 0 aromatic heterocycles. The molecular formula is C17H37BrNO2+. The Hall–Kier alpha value is -0.0900. The Morgan fingerprint density at radius 3 is 1.71 bits per heavy atom. The summed E-state index contributed by atoms with van der Waals surface area (Å²) in [6, 6.07) is 0. The molecule has 0 aliphatic rings.